The molecule has 3 rings (SSSR count). The summed E-state index contributed by atoms with van der Waals surface area (Å²) in [6.45, 7) is 4.14. The Balaban J connectivity index is 1.47. The number of carboxylic acids is 1. The molecule has 1 saturated carbocycles. The summed E-state index contributed by atoms with van der Waals surface area (Å²) in [5.74, 6) is -0.585. The van der Waals surface area contributed by atoms with Crippen LogP contribution < -0.4 is 5.32 Å². The molecule has 3 amide bonds. The summed E-state index contributed by atoms with van der Waals surface area (Å²) in [4.78, 5) is 39.9. The monoisotopic (exact) mass is 351 g/mol. The molecule has 2 aliphatic heterocycles. The number of hydrogen-bond acceptors (Lipinski definition) is 3. The summed E-state index contributed by atoms with van der Waals surface area (Å²) in [5, 5.41) is 12.3. The Bertz CT molecular complexity index is 546. The summed E-state index contributed by atoms with van der Waals surface area (Å²) >= 11 is 0. The van der Waals surface area contributed by atoms with Gasteiger partial charge in [-0.1, -0.05) is 0 Å². The molecular weight excluding hydrogens is 322 g/mol. The molecule has 1 unspecified atom stereocenters. The fourth-order valence-corrected chi connectivity index (χ4v) is 4.28. The van der Waals surface area contributed by atoms with Crippen LogP contribution in [0, 0.1) is 11.3 Å². The first-order valence-corrected chi connectivity index (χ1v) is 9.47. The van der Waals surface area contributed by atoms with Crippen molar-refractivity contribution in [3.63, 3.8) is 0 Å². The lowest BCUT2D eigenvalue weighted by Crippen LogP contribution is -2.45. The molecule has 7 nitrogen and oxygen atoms in total. The van der Waals surface area contributed by atoms with Crippen LogP contribution in [0.3, 0.4) is 0 Å². The van der Waals surface area contributed by atoms with Crippen LogP contribution in [0.2, 0.25) is 0 Å². The molecule has 0 aromatic carbocycles. The number of piperidine rings is 1. The molecule has 3 aliphatic rings. The molecule has 0 radical (unpaired) electrons. The standard InChI is InChI=1S/C18H29N3O4/c1-18(16(23)24)7-10-21(12-18)17(25)19-14-6-5-13(11-14)15(22)20-8-3-2-4-9-20/h13-14H,2-12H2,1H3,(H,19,25)(H,23,24)/t13-,14+,18?/m1/s1. The van der Waals surface area contributed by atoms with Crippen LogP contribution in [-0.2, 0) is 9.59 Å². The summed E-state index contributed by atoms with van der Waals surface area (Å²) in [7, 11) is 0. The van der Waals surface area contributed by atoms with Crippen molar-refractivity contribution in [1.82, 2.24) is 15.1 Å². The first-order chi connectivity index (χ1) is 11.9. The maximum atomic E-state index is 12.6. The van der Waals surface area contributed by atoms with Crippen LogP contribution in [0.15, 0.2) is 0 Å². The third-order valence-corrected chi connectivity index (χ3v) is 6.05. The summed E-state index contributed by atoms with van der Waals surface area (Å²) < 4.78 is 0. The van der Waals surface area contributed by atoms with Crippen LogP contribution in [0.5, 0.6) is 0 Å². The summed E-state index contributed by atoms with van der Waals surface area (Å²) in [6, 6.07) is -0.177. The number of urea groups is 1. The smallest absolute Gasteiger partial charge is 0.317 e. The molecule has 3 atom stereocenters. The molecule has 2 saturated heterocycles. The predicted molar refractivity (Wildman–Crippen MR) is 92.0 cm³/mol. The van der Waals surface area contributed by atoms with Crippen LogP contribution in [0.4, 0.5) is 4.79 Å². The highest BCUT2D eigenvalue weighted by Crippen LogP contribution is 2.31. The van der Waals surface area contributed by atoms with Crippen molar-refractivity contribution in [2.75, 3.05) is 26.2 Å². The largest absolute Gasteiger partial charge is 0.481 e. The van der Waals surface area contributed by atoms with Crippen LogP contribution in [-0.4, -0.2) is 65.0 Å². The van der Waals surface area contributed by atoms with E-state index in [0.717, 1.165) is 38.8 Å². The van der Waals surface area contributed by atoms with E-state index in [1.165, 1.54) is 6.42 Å². The molecule has 0 aromatic heterocycles. The van der Waals surface area contributed by atoms with Crippen LogP contribution in [0.1, 0.15) is 51.9 Å². The minimum Gasteiger partial charge on any atom is -0.481 e. The van der Waals surface area contributed by atoms with E-state index in [-0.39, 0.29) is 30.4 Å². The number of hydrogen-bond donors (Lipinski definition) is 2. The molecule has 1 aliphatic carbocycles. The zero-order valence-corrected chi connectivity index (χ0v) is 15.0. The molecule has 0 spiro atoms. The Morgan fingerprint density at radius 3 is 2.40 bits per heavy atom. The number of carbonyl (C=O) groups is 3. The Morgan fingerprint density at radius 1 is 1.04 bits per heavy atom. The molecule has 140 valence electrons. The average molecular weight is 351 g/mol. The second-order valence-electron chi connectivity index (χ2n) is 8.08. The topological polar surface area (TPSA) is 90.0 Å². The van der Waals surface area contributed by atoms with E-state index in [4.69, 9.17) is 0 Å². The van der Waals surface area contributed by atoms with E-state index in [1.54, 1.807) is 11.8 Å². The number of rotatable bonds is 3. The molecule has 0 bridgehead atoms. The third kappa shape index (κ3) is 3.90. The Kier molecular flexibility index (Phi) is 5.20. The van der Waals surface area contributed by atoms with Gasteiger partial charge in [-0.15, -0.1) is 0 Å². The van der Waals surface area contributed by atoms with Gasteiger partial charge in [-0.3, -0.25) is 9.59 Å². The lowest BCUT2D eigenvalue weighted by atomic mass is 9.90. The van der Waals surface area contributed by atoms with Gasteiger partial charge in [0.1, 0.15) is 0 Å². The molecule has 2 heterocycles. The van der Waals surface area contributed by atoms with Crippen LogP contribution >= 0.6 is 0 Å². The quantitative estimate of drug-likeness (QED) is 0.809. The minimum atomic E-state index is -0.851. The van der Waals surface area contributed by atoms with Gasteiger partial charge >= 0.3 is 12.0 Å². The van der Waals surface area contributed by atoms with Crippen molar-refractivity contribution in [2.24, 2.45) is 11.3 Å². The number of carboxylic acid groups (broad SMARTS) is 1. The molecule has 25 heavy (non-hydrogen) atoms. The fourth-order valence-electron chi connectivity index (χ4n) is 4.28. The highest BCUT2D eigenvalue weighted by atomic mass is 16.4. The molecule has 7 heteroatoms. The third-order valence-electron chi connectivity index (χ3n) is 6.05. The maximum absolute atomic E-state index is 12.6. The summed E-state index contributed by atoms with van der Waals surface area (Å²) in [6.07, 6.45) is 6.22. The lowest BCUT2D eigenvalue weighted by molar-refractivity contribution is -0.147. The molecule has 3 fully saturated rings. The Labute approximate surface area is 148 Å². The van der Waals surface area contributed by atoms with Crippen molar-refractivity contribution in [3.8, 4) is 0 Å². The highest BCUT2D eigenvalue weighted by Gasteiger charge is 2.43. The number of amides is 3. The molecule has 2 N–H and O–H groups in total. The van der Waals surface area contributed by atoms with Gasteiger partial charge in [-0.2, -0.15) is 0 Å². The fraction of sp³-hybridized carbons (Fsp3) is 0.833. The minimum absolute atomic E-state index is 0.0166. The van der Waals surface area contributed by atoms with Crippen molar-refractivity contribution >= 4 is 17.9 Å². The van der Waals surface area contributed by atoms with Crippen molar-refractivity contribution in [2.45, 2.75) is 57.9 Å². The van der Waals surface area contributed by atoms with Gasteiger partial charge in [0.05, 0.1) is 5.41 Å². The van der Waals surface area contributed by atoms with E-state index >= 15 is 0 Å². The van der Waals surface area contributed by atoms with E-state index in [1.807, 2.05) is 4.90 Å². The lowest BCUT2D eigenvalue weighted by Gasteiger charge is -2.29. The van der Waals surface area contributed by atoms with Crippen molar-refractivity contribution in [3.05, 3.63) is 0 Å². The van der Waals surface area contributed by atoms with Crippen LogP contribution in [0.25, 0.3) is 0 Å². The van der Waals surface area contributed by atoms with Gasteiger partial charge in [0, 0.05) is 38.1 Å². The normalized spacial score (nSPS) is 32.7. The van der Waals surface area contributed by atoms with Gasteiger partial charge in [0.15, 0.2) is 0 Å². The van der Waals surface area contributed by atoms with Gasteiger partial charge in [-0.05, 0) is 51.9 Å². The zero-order chi connectivity index (χ0) is 18.0. The number of nitrogens with zero attached hydrogens (tertiary/aromatic N) is 2. The predicted octanol–water partition coefficient (Wildman–Crippen LogP) is 1.67. The number of aliphatic carboxylic acids is 1. The van der Waals surface area contributed by atoms with Gasteiger partial charge in [0.2, 0.25) is 5.91 Å². The van der Waals surface area contributed by atoms with Crippen molar-refractivity contribution < 1.29 is 19.5 Å². The van der Waals surface area contributed by atoms with E-state index < -0.39 is 11.4 Å². The Morgan fingerprint density at radius 2 is 1.76 bits per heavy atom. The van der Waals surface area contributed by atoms with Gasteiger partial charge < -0.3 is 20.2 Å². The first-order valence-electron chi connectivity index (χ1n) is 9.47. The van der Waals surface area contributed by atoms with Crippen molar-refractivity contribution in [1.29, 1.82) is 0 Å². The molecule has 0 aromatic rings. The first kappa shape index (κ1) is 18.0. The SMILES string of the molecule is CC1(C(=O)O)CCN(C(=O)N[C@H]2CC[C@@H](C(=O)N3CCCCC3)C2)C1. The average Bonchev–Trinajstić information content (AvgIpc) is 3.23. The summed E-state index contributed by atoms with van der Waals surface area (Å²) in [5.41, 5.74) is -0.847. The number of nitrogens with one attached hydrogen (secondary N) is 1. The van der Waals surface area contributed by atoms with Gasteiger partial charge in [0.25, 0.3) is 0 Å². The zero-order valence-electron chi connectivity index (χ0n) is 15.0. The van der Waals surface area contributed by atoms with E-state index in [9.17, 15) is 19.5 Å². The van der Waals surface area contributed by atoms with Gasteiger partial charge in [-0.25, -0.2) is 4.79 Å². The van der Waals surface area contributed by atoms with E-state index in [0.29, 0.717) is 19.4 Å². The highest BCUT2D eigenvalue weighted by molar-refractivity contribution is 5.81. The number of carbonyl (C=O) groups excluding carboxylic acids is 2. The second kappa shape index (κ2) is 7.22. The molecular formula is C18H29N3O4. The maximum Gasteiger partial charge on any atom is 0.317 e. The second-order valence-corrected chi connectivity index (χ2v) is 8.08. The Hall–Kier alpha value is -1.79. The van der Waals surface area contributed by atoms with E-state index in [2.05, 4.69) is 5.32 Å². The number of likely N-dealkylation sites (tertiary alicyclic amines) is 2.